The van der Waals surface area contributed by atoms with E-state index in [1.165, 1.54) is 0 Å². The lowest BCUT2D eigenvalue weighted by Crippen LogP contribution is -2.47. The SMILES string of the molecule is CC(c1nc(C(C)(C)C)no1)N1CCN(c2oc(C3CC3)nc2C#N)CC1. The summed E-state index contributed by atoms with van der Waals surface area (Å²) in [5.41, 5.74) is 0.282. The third-order valence-electron chi connectivity index (χ3n) is 5.28. The lowest BCUT2D eigenvalue weighted by atomic mass is 9.96. The number of aromatic nitrogens is 3. The van der Waals surface area contributed by atoms with Gasteiger partial charge in [0.2, 0.25) is 23.4 Å². The largest absolute Gasteiger partial charge is 0.423 e. The van der Waals surface area contributed by atoms with E-state index in [9.17, 15) is 5.26 Å². The van der Waals surface area contributed by atoms with Gasteiger partial charge in [0.1, 0.15) is 6.07 Å². The smallest absolute Gasteiger partial charge is 0.243 e. The van der Waals surface area contributed by atoms with Crippen LogP contribution in [0.2, 0.25) is 0 Å². The summed E-state index contributed by atoms with van der Waals surface area (Å²) in [6, 6.07) is 2.24. The van der Waals surface area contributed by atoms with Gasteiger partial charge in [-0.2, -0.15) is 10.2 Å². The lowest BCUT2D eigenvalue weighted by Gasteiger charge is -2.36. The average Bonchev–Trinajstić information content (AvgIpc) is 3.21. The Hall–Kier alpha value is -2.40. The van der Waals surface area contributed by atoms with Crippen molar-refractivity contribution in [3.8, 4) is 6.07 Å². The second-order valence-corrected chi connectivity index (χ2v) is 8.50. The van der Waals surface area contributed by atoms with Crippen molar-refractivity contribution in [2.24, 2.45) is 0 Å². The van der Waals surface area contributed by atoms with Crippen LogP contribution < -0.4 is 4.90 Å². The molecule has 0 N–H and O–H groups in total. The van der Waals surface area contributed by atoms with E-state index in [0.717, 1.165) is 50.7 Å². The number of anilines is 1. The van der Waals surface area contributed by atoms with Gasteiger partial charge in [0, 0.05) is 37.5 Å². The fourth-order valence-corrected chi connectivity index (χ4v) is 3.30. The Morgan fingerprint density at radius 3 is 2.41 bits per heavy atom. The number of nitriles is 1. The fraction of sp³-hybridized carbons (Fsp3) is 0.684. The molecule has 27 heavy (non-hydrogen) atoms. The summed E-state index contributed by atoms with van der Waals surface area (Å²) in [6.07, 6.45) is 2.22. The first-order chi connectivity index (χ1) is 12.9. The molecule has 1 saturated heterocycles. The van der Waals surface area contributed by atoms with Crippen molar-refractivity contribution in [1.29, 1.82) is 5.26 Å². The molecule has 2 aromatic heterocycles. The fourth-order valence-electron chi connectivity index (χ4n) is 3.30. The molecule has 2 fully saturated rings. The van der Waals surface area contributed by atoms with Gasteiger partial charge in [-0.3, -0.25) is 4.90 Å². The van der Waals surface area contributed by atoms with Crippen LogP contribution in [0.5, 0.6) is 0 Å². The molecular weight excluding hydrogens is 344 g/mol. The van der Waals surface area contributed by atoms with Gasteiger partial charge >= 0.3 is 0 Å². The lowest BCUT2D eigenvalue weighted by molar-refractivity contribution is 0.162. The zero-order chi connectivity index (χ0) is 19.2. The Balaban J connectivity index is 1.41. The highest BCUT2D eigenvalue weighted by Crippen LogP contribution is 2.41. The van der Waals surface area contributed by atoms with E-state index in [2.05, 4.69) is 58.7 Å². The summed E-state index contributed by atoms with van der Waals surface area (Å²) < 4.78 is 11.4. The van der Waals surface area contributed by atoms with Crippen molar-refractivity contribution < 1.29 is 8.94 Å². The predicted molar refractivity (Wildman–Crippen MR) is 98.4 cm³/mol. The highest BCUT2D eigenvalue weighted by atomic mass is 16.5. The maximum absolute atomic E-state index is 9.38. The minimum Gasteiger partial charge on any atom is -0.423 e. The minimum absolute atomic E-state index is 0.0583. The first-order valence-electron chi connectivity index (χ1n) is 9.60. The number of hydrogen-bond donors (Lipinski definition) is 0. The van der Waals surface area contributed by atoms with Gasteiger partial charge < -0.3 is 13.8 Å². The molecule has 1 unspecified atom stereocenters. The van der Waals surface area contributed by atoms with Crippen LogP contribution in [0.15, 0.2) is 8.94 Å². The highest BCUT2D eigenvalue weighted by Gasteiger charge is 2.33. The van der Waals surface area contributed by atoms with Gasteiger partial charge in [0.15, 0.2) is 5.82 Å². The molecule has 3 heterocycles. The van der Waals surface area contributed by atoms with Gasteiger partial charge in [-0.05, 0) is 19.8 Å². The minimum atomic E-state index is -0.126. The molecule has 144 valence electrons. The maximum Gasteiger partial charge on any atom is 0.243 e. The Kier molecular flexibility index (Phi) is 4.42. The maximum atomic E-state index is 9.38. The number of hydrogen-bond acceptors (Lipinski definition) is 8. The van der Waals surface area contributed by atoms with Crippen molar-refractivity contribution in [1.82, 2.24) is 20.0 Å². The summed E-state index contributed by atoms with van der Waals surface area (Å²) in [6.45, 7) is 11.5. The number of nitrogens with zero attached hydrogens (tertiary/aromatic N) is 6. The van der Waals surface area contributed by atoms with E-state index in [-0.39, 0.29) is 11.5 Å². The Morgan fingerprint density at radius 1 is 1.15 bits per heavy atom. The Morgan fingerprint density at radius 2 is 1.85 bits per heavy atom. The van der Waals surface area contributed by atoms with Crippen LogP contribution in [-0.2, 0) is 5.41 Å². The summed E-state index contributed by atoms with van der Waals surface area (Å²) in [7, 11) is 0. The monoisotopic (exact) mass is 370 g/mol. The number of rotatable bonds is 4. The molecule has 2 aromatic rings. The van der Waals surface area contributed by atoms with Crippen molar-refractivity contribution in [3.63, 3.8) is 0 Å². The number of piperazine rings is 1. The van der Waals surface area contributed by atoms with Crippen LogP contribution in [0.25, 0.3) is 0 Å². The molecule has 1 aliphatic heterocycles. The van der Waals surface area contributed by atoms with E-state index in [4.69, 9.17) is 8.94 Å². The van der Waals surface area contributed by atoms with E-state index >= 15 is 0 Å². The number of oxazole rings is 1. The predicted octanol–water partition coefficient (Wildman–Crippen LogP) is 2.99. The van der Waals surface area contributed by atoms with Crippen molar-refractivity contribution in [3.05, 3.63) is 23.3 Å². The molecule has 0 aromatic carbocycles. The molecule has 8 nitrogen and oxygen atoms in total. The van der Waals surface area contributed by atoms with Crippen LogP contribution in [0.3, 0.4) is 0 Å². The van der Waals surface area contributed by atoms with E-state index in [1.54, 1.807) is 0 Å². The van der Waals surface area contributed by atoms with Gasteiger partial charge in [0.05, 0.1) is 6.04 Å². The highest BCUT2D eigenvalue weighted by molar-refractivity contribution is 5.48. The molecule has 0 amide bonds. The molecule has 1 atom stereocenters. The van der Waals surface area contributed by atoms with Gasteiger partial charge in [-0.25, -0.2) is 4.98 Å². The normalized spacial score (nSPS) is 19.9. The Labute approximate surface area is 159 Å². The first kappa shape index (κ1) is 18.0. The van der Waals surface area contributed by atoms with Crippen LogP contribution >= 0.6 is 0 Å². The van der Waals surface area contributed by atoms with Crippen molar-refractivity contribution in [2.45, 2.75) is 57.9 Å². The molecule has 0 spiro atoms. The van der Waals surface area contributed by atoms with Gasteiger partial charge in [-0.15, -0.1) is 0 Å². The zero-order valence-corrected chi connectivity index (χ0v) is 16.4. The van der Waals surface area contributed by atoms with Crippen LogP contribution in [0, 0.1) is 11.3 Å². The average molecular weight is 370 g/mol. The van der Waals surface area contributed by atoms with E-state index in [0.29, 0.717) is 23.4 Å². The molecule has 1 aliphatic carbocycles. The third kappa shape index (κ3) is 3.56. The molecule has 0 bridgehead atoms. The summed E-state index contributed by atoms with van der Waals surface area (Å²) in [5.74, 6) is 3.14. The third-order valence-corrected chi connectivity index (χ3v) is 5.28. The second-order valence-electron chi connectivity index (χ2n) is 8.50. The molecule has 2 aliphatic rings. The quantitative estimate of drug-likeness (QED) is 0.810. The molecule has 0 radical (unpaired) electrons. The van der Waals surface area contributed by atoms with E-state index < -0.39 is 0 Å². The zero-order valence-electron chi connectivity index (χ0n) is 16.4. The summed E-state index contributed by atoms with van der Waals surface area (Å²) in [5, 5.41) is 13.5. The molecular formula is C19H26N6O2. The molecule has 4 rings (SSSR count). The van der Waals surface area contributed by atoms with Crippen LogP contribution in [0.4, 0.5) is 5.88 Å². The topological polar surface area (TPSA) is 95.2 Å². The van der Waals surface area contributed by atoms with Crippen molar-refractivity contribution >= 4 is 5.88 Å². The van der Waals surface area contributed by atoms with E-state index in [1.807, 2.05) is 0 Å². The Bertz CT molecular complexity index is 846. The van der Waals surface area contributed by atoms with Gasteiger partial charge in [0.25, 0.3) is 0 Å². The van der Waals surface area contributed by atoms with Crippen LogP contribution in [-0.4, -0.2) is 46.2 Å². The second kappa shape index (κ2) is 6.64. The molecule has 1 saturated carbocycles. The van der Waals surface area contributed by atoms with Crippen LogP contribution in [0.1, 0.15) is 75.8 Å². The summed E-state index contributed by atoms with van der Waals surface area (Å²) in [4.78, 5) is 13.4. The van der Waals surface area contributed by atoms with Crippen molar-refractivity contribution in [2.75, 3.05) is 31.1 Å². The first-order valence-corrected chi connectivity index (χ1v) is 9.60. The summed E-state index contributed by atoms with van der Waals surface area (Å²) >= 11 is 0. The molecule has 8 heteroatoms. The van der Waals surface area contributed by atoms with Gasteiger partial charge in [-0.1, -0.05) is 25.9 Å². The standard InChI is InChI=1S/C19H26N6O2/c1-12(15-22-18(23-27-15)19(2,3)4)24-7-9-25(10-8-24)17-14(11-20)21-16(26-17)13-5-6-13/h12-13H,5-10H2,1-4H3.